The number of carbonyl (C=O) groups excluding carboxylic acids is 1. The third kappa shape index (κ3) is 3.19. The van der Waals surface area contributed by atoms with Gasteiger partial charge in [-0.1, -0.05) is 34.5 Å². The second-order valence-electron chi connectivity index (χ2n) is 4.94. The number of halogens is 2. The zero-order valence-electron chi connectivity index (χ0n) is 12.4. The average Bonchev–Trinajstić information content (AvgIpc) is 2.96. The summed E-state index contributed by atoms with van der Waals surface area (Å²) in [6.45, 7) is 2.01. The molecule has 2 N–H and O–H groups in total. The molecule has 0 saturated heterocycles. The van der Waals surface area contributed by atoms with Crippen molar-refractivity contribution in [2.75, 3.05) is 5.43 Å². The highest BCUT2D eigenvalue weighted by atomic mass is 79.9. The van der Waals surface area contributed by atoms with E-state index in [1.54, 1.807) is 18.2 Å². The number of carbonyl (C=O) groups is 1. The Bertz CT molecular complexity index is 1070. The largest absolute Gasteiger partial charge is 0.322 e. The number of amides is 1. The van der Waals surface area contributed by atoms with E-state index in [0.29, 0.717) is 14.7 Å². The minimum Gasteiger partial charge on any atom is -0.322 e. The number of thiophene rings is 1. The van der Waals surface area contributed by atoms with E-state index >= 15 is 0 Å². The third-order valence-corrected chi connectivity index (χ3v) is 5.68. The minimum atomic E-state index is -0.520. The first-order valence-electron chi connectivity index (χ1n) is 6.95. The zero-order valence-corrected chi connectivity index (χ0v) is 16.3. The van der Waals surface area contributed by atoms with Crippen LogP contribution in [-0.4, -0.2) is 15.6 Å². The Hall–Kier alpha value is -1.48. The molecule has 0 aliphatic rings. The van der Waals surface area contributed by atoms with Gasteiger partial charge >= 0.3 is 0 Å². The van der Waals surface area contributed by atoms with Crippen molar-refractivity contribution < 1.29 is 4.79 Å². The van der Waals surface area contributed by atoms with Crippen molar-refractivity contribution in [1.82, 2.24) is 9.66 Å². The summed E-state index contributed by atoms with van der Waals surface area (Å²) < 4.78 is 1.86. The van der Waals surface area contributed by atoms with Crippen LogP contribution in [0.1, 0.15) is 22.2 Å². The Morgan fingerprint density at radius 2 is 2.21 bits per heavy atom. The Kier molecular flexibility index (Phi) is 4.91. The fraction of sp³-hybridized carbons (Fsp3) is 0.133. The van der Waals surface area contributed by atoms with Gasteiger partial charge in [0.15, 0.2) is 0 Å². The molecule has 24 heavy (non-hydrogen) atoms. The van der Waals surface area contributed by atoms with Crippen LogP contribution in [-0.2, 0) is 6.42 Å². The van der Waals surface area contributed by atoms with Crippen LogP contribution < -0.4 is 11.0 Å². The molecule has 0 fully saturated rings. The second-order valence-corrected chi connectivity index (χ2v) is 7.79. The number of nitrogens with zero attached hydrogens (tertiary/aromatic N) is 1. The molecule has 3 aromatic rings. The first kappa shape index (κ1) is 17.3. The van der Waals surface area contributed by atoms with Gasteiger partial charge < -0.3 is 4.98 Å². The van der Waals surface area contributed by atoms with Gasteiger partial charge in [0.2, 0.25) is 4.77 Å². The van der Waals surface area contributed by atoms with E-state index in [-0.39, 0.29) is 20.9 Å². The van der Waals surface area contributed by atoms with Crippen LogP contribution in [0.4, 0.5) is 0 Å². The first-order chi connectivity index (χ1) is 11.4. The molecule has 9 heteroatoms. The number of aromatic nitrogens is 2. The van der Waals surface area contributed by atoms with Crippen molar-refractivity contribution in [2.45, 2.75) is 13.3 Å². The number of benzene rings is 1. The summed E-state index contributed by atoms with van der Waals surface area (Å²) in [4.78, 5) is 29.8. The molecular weight excluding hydrogens is 434 g/mol. The maximum Gasteiger partial charge on any atom is 0.282 e. The standard InChI is InChI=1S/C15H11BrClN3O2S2/c1-2-8-6-10-13(24-8)18-15(23)20(14(10)22)19-12(21)9-5-7(16)3-4-11(9)17/h3-6H,2H2,1H3,(H,18,23)(H,19,21). The van der Waals surface area contributed by atoms with Gasteiger partial charge in [-0.2, -0.15) is 4.68 Å². The smallest absolute Gasteiger partial charge is 0.282 e. The van der Waals surface area contributed by atoms with E-state index < -0.39 is 5.91 Å². The van der Waals surface area contributed by atoms with Crippen molar-refractivity contribution >= 4 is 67.2 Å². The number of hydrogen-bond acceptors (Lipinski definition) is 4. The van der Waals surface area contributed by atoms with Crippen LogP contribution in [0.15, 0.2) is 33.5 Å². The first-order valence-corrected chi connectivity index (χ1v) is 9.34. The van der Waals surface area contributed by atoms with Gasteiger partial charge in [0.05, 0.1) is 16.0 Å². The van der Waals surface area contributed by atoms with Gasteiger partial charge in [-0.25, -0.2) is 0 Å². The van der Waals surface area contributed by atoms with Gasteiger partial charge in [0, 0.05) is 9.35 Å². The normalized spacial score (nSPS) is 11.0. The van der Waals surface area contributed by atoms with Crippen molar-refractivity contribution in [3.63, 3.8) is 0 Å². The van der Waals surface area contributed by atoms with E-state index in [4.69, 9.17) is 23.8 Å². The fourth-order valence-electron chi connectivity index (χ4n) is 2.17. The van der Waals surface area contributed by atoms with E-state index in [2.05, 4.69) is 26.3 Å². The second kappa shape index (κ2) is 6.79. The summed E-state index contributed by atoms with van der Waals surface area (Å²) in [6.07, 6.45) is 0.819. The summed E-state index contributed by atoms with van der Waals surface area (Å²) in [7, 11) is 0. The minimum absolute atomic E-state index is 0.122. The Labute approximate surface area is 159 Å². The van der Waals surface area contributed by atoms with Gasteiger partial charge in [0.1, 0.15) is 4.83 Å². The molecule has 2 heterocycles. The SMILES string of the molecule is CCc1cc2c(=O)n(NC(=O)c3cc(Br)ccc3Cl)c(=S)[nH]c2s1. The number of nitrogens with one attached hydrogen (secondary N) is 2. The molecule has 1 aromatic carbocycles. The van der Waals surface area contributed by atoms with Crippen molar-refractivity contribution in [2.24, 2.45) is 0 Å². The molecule has 0 spiro atoms. The van der Waals surface area contributed by atoms with Gasteiger partial charge in [-0.3, -0.25) is 15.0 Å². The van der Waals surface area contributed by atoms with Crippen LogP contribution in [0, 0.1) is 4.77 Å². The molecule has 0 atom stereocenters. The Morgan fingerprint density at radius 1 is 1.46 bits per heavy atom. The molecule has 124 valence electrons. The molecule has 0 aliphatic heterocycles. The van der Waals surface area contributed by atoms with Gasteiger partial charge in [-0.05, 0) is 42.9 Å². The molecule has 0 saturated carbocycles. The third-order valence-electron chi connectivity index (χ3n) is 3.38. The lowest BCUT2D eigenvalue weighted by Crippen LogP contribution is -2.34. The lowest BCUT2D eigenvalue weighted by atomic mass is 10.2. The molecule has 3 rings (SSSR count). The van der Waals surface area contributed by atoms with E-state index in [9.17, 15) is 9.59 Å². The maximum absolute atomic E-state index is 12.6. The van der Waals surface area contributed by atoms with E-state index in [0.717, 1.165) is 16.0 Å². The van der Waals surface area contributed by atoms with Crippen LogP contribution in [0.2, 0.25) is 5.02 Å². The molecule has 0 unspecified atom stereocenters. The molecule has 2 aromatic heterocycles. The highest BCUT2D eigenvalue weighted by Crippen LogP contribution is 2.22. The Balaban J connectivity index is 2.07. The number of aryl methyl sites for hydroxylation is 1. The van der Waals surface area contributed by atoms with E-state index in [1.165, 1.54) is 11.3 Å². The fourth-order valence-corrected chi connectivity index (χ4v) is 4.02. The van der Waals surface area contributed by atoms with E-state index in [1.807, 2.05) is 13.0 Å². The summed E-state index contributed by atoms with van der Waals surface area (Å²) in [5.41, 5.74) is 2.38. The number of rotatable bonds is 3. The molecule has 0 bridgehead atoms. The van der Waals surface area contributed by atoms with Crippen molar-refractivity contribution in [1.29, 1.82) is 0 Å². The molecular formula is C15H11BrClN3O2S2. The number of H-pyrrole nitrogens is 1. The summed E-state index contributed by atoms with van der Waals surface area (Å²) in [5, 5.41) is 0.773. The topological polar surface area (TPSA) is 66.9 Å². The predicted octanol–water partition coefficient (Wildman–Crippen LogP) is 4.48. The van der Waals surface area contributed by atoms with Gasteiger partial charge in [0.25, 0.3) is 11.5 Å². The molecule has 0 aliphatic carbocycles. The quantitative estimate of drug-likeness (QED) is 0.585. The van der Waals surface area contributed by atoms with Crippen LogP contribution in [0.3, 0.4) is 0 Å². The summed E-state index contributed by atoms with van der Waals surface area (Å²) >= 11 is 16.0. The number of hydrogen-bond donors (Lipinski definition) is 2. The average molecular weight is 445 g/mol. The number of fused-ring (bicyclic) bond motifs is 1. The Morgan fingerprint density at radius 3 is 2.92 bits per heavy atom. The highest BCUT2D eigenvalue weighted by Gasteiger charge is 2.15. The van der Waals surface area contributed by atoms with Gasteiger partial charge in [-0.15, -0.1) is 11.3 Å². The highest BCUT2D eigenvalue weighted by molar-refractivity contribution is 9.10. The predicted molar refractivity (Wildman–Crippen MR) is 103 cm³/mol. The van der Waals surface area contributed by atoms with Crippen LogP contribution in [0.5, 0.6) is 0 Å². The van der Waals surface area contributed by atoms with Crippen LogP contribution in [0.25, 0.3) is 10.2 Å². The monoisotopic (exact) mass is 443 g/mol. The maximum atomic E-state index is 12.6. The number of aromatic amines is 1. The molecule has 5 nitrogen and oxygen atoms in total. The lowest BCUT2D eigenvalue weighted by molar-refractivity contribution is 0.101. The molecule has 1 amide bonds. The van der Waals surface area contributed by atoms with Crippen molar-refractivity contribution in [3.05, 3.63) is 59.3 Å². The zero-order chi connectivity index (χ0) is 17.4. The lowest BCUT2D eigenvalue weighted by Gasteiger charge is -2.09. The summed E-state index contributed by atoms with van der Waals surface area (Å²) in [5.74, 6) is -0.520. The summed E-state index contributed by atoms with van der Waals surface area (Å²) in [6, 6.07) is 6.71. The van der Waals surface area contributed by atoms with Crippen molar-refractivity contribution in [3.8, 4) is 0 Å². The van der Waals surface area contributed by atoms with Crippen LogP contribution >= 0.6 is 51.1 Å². The molecule has 0 radical (unpaired) electrons.